The molecular formula is C23H17ClN2O5S2. The molecule has 0 spiro atoms. The average molecular weight is 501 g/mol. The van der Waals surface area contributed by atoms with E-state index in [2.05, 4.69) is 10.2 Å². The Bertz CT molecular complexity index is 1310. The molecule has 0 amide bonds. The highest BCUT2D eigenvalue weighted by Gasteiger charge is 2.19. The second kappa shape index (κ2) is 10.2. The molecule has 2 heterocycles. The van der Waals surface area contributed by atoms with Crippen molar-refractivity contribution in [3.63, 3.8) is 0 Å². The molecule has 0 unspecified atom stereocenters. The van der Waals surface area contributed by atoms with Gasteiger partial charge in [0, 0.05) is 16.0 Å². The highest BCUT2D eigenvalue weighted by Crippen LogP contribution is 2.36. The van der Waals surface area contributed by atoms with E-state index in [1.54, 1.807) is 30.3 Å². The standard InChI is InChI=1S/C23H17ClN2O5S2/c1-13-3-7-16(8-4-13)32-20-10-6-15(30-20)12-19(22(27)28)33-23-26-25-21(31-23)17-11-14(24)5-9-18(17)29-2/h3-12H,1-2H3,(H,27,28)/b19-12-. The zero-order valence-corrected chi connectivity index (χ0v) is 19.8. The minimum absolute atomic E-state index is 0.0375. The van der Waals surface area contributed by atoms with Gasteiger partial charge in [-0.3, -0.25) is 0 Å². The summed E-state index contributed by atoms with van der Waals surface area (Å²) in [4.78, 5) is 12.8. The number of carbonyl (C=O) groups is 1. The van der Waals surface area contributed by atoms with E-state index in [1.165, 1.54) is 30.5 Å². The first kappa shape index (κ1) is 23.0. The third kappa shape index (κ3) is 5.81. The second-order valence-electron chi connectivity index (χ2n) is 6.71. The summed E-state index contributed by atoms with van der Waals surface area (Å²) in [6.45, 7) is 2.02. The quantitative estimate of drug-likeness (QED) is 0.210. The number of aromatic nitrogens is 2. The maximum atomic E-state index is 11.8. The molecule has 4 rings (SSSR count). The number of furan rings is 1. The van der Waals surface area contributed by atoms with E-state index in [4.69, 9.17) is 25.2 Å². The monoisotopic (exact) mass is 500 g/mol. The molecule has 0 aliphatic heterocycles. The molecule has 0 atom stereocenters. The SMILES string of the molecule is COc1ccc(Cl)cc1-c1nnc(S/C(=C\c2ccc(Sc3ccc(C)cc3)o2)C(=O)O)o1. The molecule has 0 radical (unpaired) electrons. The van der Waals surface area contributed by atoms with Crippen LogP contribution in [0.2, 0.25) is 5.02 Å². The number of aliphatic carboxylic acids is 1. The van der Waals surface area contributed by atoms with Gasteiger partial charge in [0.15, 0.2) is 5.09 Å². The number of carboxylic acid groups (broad SMARTS) is 1. The van der Waals surface area contributed by atoms with Gasteiger partial charge in [0.25, 0.3) is 11.1 Å². The normalized spacial score (nSPS) is 11.5. The number of benzene rings is 2. The first-order chi connectivity index (χ1) is 15.9. The summed E-state index contributed by atoms with van der Waals surface area (Å²) < 4.78 is 16.7. The third-order valence-electron chi connectivity index (χ3n) is 4.32. The Labute approximate surface area is 202 Å². The van der Waals surface area contributed by atoms with Crippen molar-refractivity contribution in [1.82, 2.24) is 10.2 Å². The van der Waals surface area contributed by atoms with Gasteiger partial charge in [-0.1, -0.05) is 41.1 Å². The van der Waals surface area contributed by atoms with Crippen LogP contribution in [0.5, 0.6) is 5.75 Å². The van der Waals surface area contributed by atoms with Gasteiger partial charge in [0.05, 0.1) is 12.7 Å². The molecule has 0 aliphatic carbocycles. The lowest BCUT2D eigenvalue weighted by atomic mass is 10.2. The van der Waals surface area contributed by atoms with E-state index in [-0.39, 0.29) is 16.0 Å². The van der Waals surface area contributed by atoms with Crippen LogP contribution in [0.1, 0.15) is 11.3 Å². The molecule has 2 aromatic carbocycles. The van der Waals surface area contributed by atoms with Crippen LogP contribution in [0.15, 0.2) is 83.5 Å². The van der Waals surface area contributed by atoms with Crippen molar-refractivity contribution in [1.29, 1.82) is 0 Å². The molecule has 33 heavy (non-hydrogen) atoms. The van der Waals surface area contributed by atoms with Gasteiger partial charge >= 0.3 is 5.97 Å². The number of thioether (sulfide) groups is 1. The lowest BCUT2D eigenvalue weighted by molar-refractivity contribution is -0.131. The van der Waals surface area contributed by atoms with Gasteiger partial charge in [0.2, 0.25) is 0 Å². The Morgan fingerprint density at radius 2 is 1.88 bits per heavy atom. The van der Waals surface area contributed by atoms with Crippen LogP contribution in [0.4, 0.5) is 0 Å². The fourth-order valence-electron chi connectivity index (χ4n) is 2.75. The average Bonchev–Trinajstić information content (AvgIpc) is 3.44. The second-order valence-corrected chi connectivity index (χ2v) is 9.21. The molecule has 168 valence electrons. The van der Waals surface area contributed by atoms with E-state index in [1.807, 2.05) is 31.2 Å². The van der Waals surface area contributed by atoms with Crippen molar-refractivity contribution < 1.29 is 23.5 Å². The largest absolute Gasteiger partial charge is 0.496 e. The lowest BCUT2D eigenvalue weighted by Gasteiger charge is -2.04. The highest BCUT2D eigenvalue weighted by atomic mass is 35.5. The fourth-order valence-corrected chi connectivity index (χ4v) is 4.36. The van der Waals surface area contributed by atoms with Crippen LogP contribution in [0.25, 0.3) is 17.5 Å². The van der Waals surface area contributed by atoms with Crippen LogP contribution in [0, 0.1) is 6.92 Å². The van der Waals surface area contributed by atoms with Gasteiger partial charge in [-0.2, -0.15) is 0 Å². The highest BCUT2D eigenvalue weighted by molar-refractivity contribution is 8.03. The van der Waals surface area contributed by atoms with Crippen LogP contribution in [-0.4, -0.2) is 28.4 Å². The summed E-state index contributed by atoms with van der Waals surface area (Å²) >= 11 is 8.33. The van der Waals surface area contributed by atoms with Gasteiger partial charge < -0.3 is 18.7 Å². The number of carboxylic acids is 1. The number of ether oxygens (including phenoxy) is 1. The van der Waals surface area contributed by atoms with Crippen molar-refractivity contribution in [3.05, 3.63) is 75.8 Å². The van der Waals surface area contributed by atoms with E-state index >= 15 is 0 Å². The molecule has 0 saturated heterocycles. The lowest BCUT2D eigenvalue weighted by Crippen LogP contribution is -1.96. The Hall–Kier alpha value is -3.14. The van der Waals surface area contributed by atoms with Gasteiger partial charge in [-0.05, 0) is 61.2 Å². The van der Waals surface area contributed by atoms with Crippen LogP contribution < -0.4 is 4.74 Å². The molecule has 0 aliphatic rings. The molecule has 4 aromatic rings. The van der Waals surface area contributed by atoms with Gasteiger partial charge in [0.1, 0.15) is 16.4 Å². The van der Waals surface area contributed by atoms with Crippen LogP contribution >= 0.6 is 35.1 Å². The molecular weight excluding hydrogens is 484 g/mol. The Morgan fingerprint density at radius 1 is 1.09 bits per heavy atom. The van der Waals surface area contributed by atoms with Crippen molar-refractivity contribution in [3.8, 4) is 17.2 Å². The zero-order chi connectivity index (χ0) is 23.4. The van der Waals surface area contributed by atoms with Crippen LogP contribution in [0.3, 0.4) is 0 Å². The minimum Gasteiger partial charge on any atom is -0.496 e. The fraction of sp³-hybridized carbons (Fsp3) is 0.0870. The van der Waals surface area contributed by atoms with Crippen molar-refractivity contribution in [2.24, 2.45) is 0 Å². The van der Waals surface area contributed by atoms with E-state index in [0.29, 0.717) is 27.2 Å². The van der Waals surface area contributed by atoms with Crippen LogP contribution in [-0.2, 0) is 4.79 Å². The molecule has 0 bridgehead atoms. The maximum absolute atomic E-state index is 11.8. The summed E-state index contributed by atoms with van der Waals surface area (Å²) in [6.07, 6.45) is 1.41. The first-order valence-corrected chi connectivity index (χ1v) is 11.6. The predicted molar refractivity (Wildman–Crippen MR) is 127 cm³/mol. The topological polar surface area (TPSA) is 98.6 Å². The van der Waals surface area contributed by atoms with E-state index in [0.717, 1.165) is 16.7 Å². The molecule has 7 nitrogen and oxygen atoms in total. The van der Waals surface area contributed by atoms with Gasteiger partial charge in [-0.25, -0.2) is 4.79 Å². The van der Waals surface area contributed by atoms with E-state index in [9.17, 15) is 9.90 Å². The molecule has 2 aromatic heterocycles. The predicted octanol–water partition coefficient (Wildman–Crippen LogP) is 6.67. The third-order valence-corrected chi connectivity index (χ3v) is 6.34. The Kier molecular flexibility index (Phi) is 7.12. The van der Waals surface area contributed by atoms with Gasteiger partial charge in [-0.15, -0.1) is 10.2 Å². The number of methoxy groups -OCH3 is 1. The van der Waals surface area contributed by atoms with Crippen molar-refractivity contribution in [2.45, 2.75) is 22.1 Å². The Balaban J connectivity index is 1.52. The molecule has 1 N–H and O–H groups in total. The smallest absolute Gasteiger partial charge is 0.342 e. The number of hydrogen-bond donors (Lipinski definition) is 1. The minimum atomic E-state index is -1.15. The molecule has 10 heteroatoms. The zero-order valence-electron chi connectivity index (χ0n) is 17.4. The maximum Gasteiger partial charge on any atom is 0.342 e. The number of rotatable bonds is 8. The number of nitrogens with zero attached hydrogens (tertiary/aromatic N) is 2. The Morgan fingerprint density at radius 3 is 2.61 bits per heavy atom. The summed E-state index contributed by atoms with van der Waals surface area (Å²) in [7, 11) is 1.51. The molecule has 0 fully saturated rings. The van der Waals surface area contributed by atoms with Crippen molar-refractivity contribution in [2.75, 3.05) is 7.11 Å². The summed E-state index contributed by atoms with van der Waals surface area (Å²) in [6, 6.07) is 16.5. The molecule has 0 saturated carbocycles. The number of hydrogen-bond acceptors (Lipinski definition) is 8. The summed E-state index contributed by atoms with van der Waals surface area (Å²) in [5.74, 6) is -0.0888. The summed E-state index contributed by atoms with van der Waals surface area (Å²) in [5.41, 5.74) is 1.68. The van der Waals surface area contributed by atoms with E-state index < -0.39 is 5.97 Å². The van der Waals surface area contributed by atoms with Crippen molar-refractivity contribution >= 4 is 47.2 Å². The number of aryl methyl sites for hydroxylation is 1. The first-order valence-electron chi connectivity index (χ1n) is 9.56. The number of halogens is 1. The summed E-state index contributed by atoms with van der Waals surface area (Å²) in [5, 5.41) is 18.7.